The van der Waals surface area contributed by atoms with Crippen LogP contribution >= 0.6 is 0 Å². The maximum absolute atomic E-state index is 13.1. The number of hydrogen-bond donors (Lipinski definition) is 1. The van der Waals surface area contributed by atoms with Crippen LogP contribution in [0, 0.1) is 18.7 Å². The topological polar surface area (TPSA) is 88.1 Å². The predicted molar refractivity (Wildman–Crippen MR) is 126 cm³/mol. The van der Waals surface area contributed by atoms with E-state index in [4.69, 9.17) is 0 Å². The number of benzene rings is 1. The highest BCUT2D eigenvalue weighted by Gasteiger charge is 2.25. The van der Waals surface area contributed by atoms with Gasteiger partial charge in [0.25, 0.3) is 11.8 Å². The van der Waals surface area contributed by atoms with Crippen molar-refractivity contribution in [1.29, 1.82) is 0 Å². The highest BCUT2D eigenvalue weighted by molar-refractivity contribution is 5.94. The number of carbonyl (C=O) groups is 2. The molecule has 1 saturated heterocycles. The zero-order valence-corrected chi connectivity index (χ0v) is 19.4. The molecule has 1 N–H and O–H groups in total. The number of aryl methyl sites for hydroxylation is 1. The molecule has 0 unspecified atom stereocenters. The maximum Gasteiger partial charge on any atom is 0.269 e. The second-order valence-electron chi connectivity index (χ2n) is 8.68. The highest BCUT2D eigenvalue weighted by atomic mass is 19.1. The summed E-state index contributed by atoms with van der Waals surface area (Å²) < 4.78 is 13.1. The van der Waals surface area contributed by atoms with Gasteiger partial charge >= 0.3 is 0 Å². The van der Waals surface area contributed by atoms with Gasteiger partial charge in [-0.15, -0.1) is 0 Å². The van der Waals surface area contributed by atoms with Gasteiger partial charge in [0, 0.05) is 44.1 Å². The number of nitrogens with zero attached hydrogens (tertiary/aromatic N) is 4. The van der Waals surface area contributed by atoms with Crippen molar-refractivity contribution in [3.8, 4) is 0 Å². The van der Waals surface area contributed by atoms with Gasteiger partial charge in [0.05, 0.1) is 5.56 Å². The largest absolute Gasteiger partial charge is 0.354 e. The third-order valence-corrected chi connectivity index (χ3v) is 6.02. The first-order chi connectivity index (χ1) is 16.4. The molecular formula is C26H28FN5O2. The van der Waals surface area contributed by atoms with Gasteiger partial charge in [-0.05, 0) is 68.0 Å². The summed E-state index contributed by atoms with van der Waals surface area (Å²) in [6.07, 6.45) is 4.80. The number of rotatable bonds is 6. The SMILES string of the molecule is CNC(=O)c1cc(C[C@H]2CCCN(C(=O)c3ccc(Cc4ccc(F)cc4)nc3)C2)nc(C)n1. The molecule has 0 aliphatic carbocycles. The molecule has 1 fully saturated rings. The number of hydrogen-bond acceptors (Lipinski definition) is 5. The minimum atomic E-state index is -0.265. The second kappa shape index (κ2) is 10.5. The number of aromatic nitrogens is 3. The number of carbonyl (C=O) groups excluding carboxylic acids is 2. The summed E-state index contributed by atoms with van der Waals surface area (Å²) in [5, 5.41) is 2.60. The van der Waals surface area contributed by atoms with Gasteiger partial charge in [-0.25, -0.2) is 14.4 Å². The van der Waals surface area contributed by atoms with Crippen LogP contribution in [0.5, 0.6) is 0 Å². The fraction of sp³-hybridized carbons (Fsp3) is 0.346. The van der Waals surface area contributed by atoms with Crippen molar-refractivity contribution >= 4 is 11.8 Å². The van der Waals surface area contributed by atoms with Crippen molar-refractivity contribution in [2.45, 2.75) is 32.6 Å². The van der Waals surface area contributed by atoms with E-state index in [9.17, 15) is 14.0 Å². The third kappa shape index (κ3) is 5.81. The average molecular weight is 462 g/mol. The van der Waals surface area contributed by atoms with Crippen molar-refractivity contribution in [2.75, 3.05) is 20.1 Å². The number of likely N-dealkylation sites (tertiary alicyclic amines) is 1. The van der Waals surface area contributed by atoms with E-state index in [1.807, 2.05) is 11.0 Å². The first-order valence-corrected chi connectivity index (χ1v) is 11.5. The Bertz CT molecular complexity index is 1160. The van der Waals surface area contributed by atoms with Crippen molar-refractivity contribution < 1.29 is 14.0 Å². The number of amides is 2. The summed E-state index contributed by atoms with van der Waals surface area (Å²) in [7, 11) is 1.58. The summed E-state index contributed by atoms with van der Waals surface area (Å²) in [6.45, 7) is 3.12. The van der Waals surface area contributed by atoms with E-state index in [1.165, 1.54) is 12.1 Å². The molecule has 7 nitrogen and oxygen atoms in total. The smallest absolute Gasteiger partial charge is 0.269 e. The molecule has 0 saturated carbocycles. The molecule has 34 heavy (non-hydrogen) atoms. The van der Waals surface area contributed by atoms with Gasteiger partial charge in [0.2, 0.25) is 0 Å². The molecule has 2 aromatic heterocycles. The van der Waals surface area contributed by atoms with Crippen LogP contribution < -0.4 is 5.32 Å². The molecule has 8 heteroatoms. The summed E-state index contributed by atoms with van der Waals surface area (Å²) in [4.78, 5) is 40.1. The molecule has 1 aliphatic rings. The molecule has 3 aromatic rings. The van der Waals surface area contributed by atoms with E-state index in [2.05, 4.69) is 20.3 Å². The lowest BCUT2D eigenvalue weighted by Crippen LogP contribution is -2.40. The molecule has 0 radical (unpaired) electrons. The zero-order valence-electron chi connectivity index (χ0n) is 19.4. The first-order valence-electron chi connectivity index (χ1n) is 11.5. The highest BCUT2D eigenvalue weighted by Crippen LogP contribution is 2.22. The molecule has 0 bridgehead atoms. The average Bonchev–Trinajstić information content (AvgIpc) is 2.85. The molecule has 3 heterocycles. The fourth-order valence-electron chi connectivity index (χ4n) is 4.34. The monoisotopic (exact) mass is 461 g/mol. The van der Waals surface area contributed by atoms with Crippen LogP contribution in [0.2, 0.25) is 0 Å². The van der Waals surface area contributed by atoms with Crippen LogP contribution in [-0.2, 0) is 12.8 Å². The maximum atomic E-state index is 13.1. The summed E-state index contributed by atoms with van der Waals surface area (Å²) in [6, 6.07) is 11.7. The molecule has 176 valence electrons. The van der Waals surface area contributed by atoms with Crippen molar-refractivity contribution in [1.82, 2.24) is 25.2 Å². The Morgan fingerprint density at radius 1 is 1.12 bits per heavy atom. The lowest BCUT2D eigenvalue weighted by molar-refractivity contribution is 0.0672. The quantitative estimate of drug-likeness (QED) is 0.608. The standard InChI is InChI=1S/C26H28FN5O2/c1-17-30-23(14-24(31-17)25(33)28-2)13-19-4-3-11-32(16-19)26(34)20-7-10-22(29-15-20)12-18-5-8-21(27)9-6-18/h5-10,14-15,19H,3-4,11-13,16H2,1-2H3,(H,28,33)/t19-/m1/s1. The van der Waals surface area contributed by atoms with Crippen LogP contribution in [-0.4, -0.2) is 51.8 Å². The Morgan fingerprint density at radius 3 is 2.62 bits per heavy atom. The van der Waals surface area contributed by atoms with E-state index in [0.717, 1.165) is 29.8 Å². The Balaban J connectivity index is 1.39. The third-order valence-electron chi connectivity index (χ3n) is 6.02. The Morgan fingerprint density at radius 2 is 1.91 bits per heavy atom. The number of halogens is 1. The van der Waals surface area contributed by atoms with Crippen molar-refractivity contribution in [3.63, 3.8) is 0 Å². The molecule has 1 atom stereocenters. The number of piperidine rings is 1. The van der Waals surface area contributed by atoms with Gasteiger partial charge in [-0.2, -0.15) is 0 Å². The van der Waals surface area contributed by atoms with Gasteiger partial charge in [-0.1, -0.05) is 12.1 Å². The molecule has 0 spiro atoms. The van der Waals surface area contributed by atoms with E-state index in [0.29, 0.717) is 43.0 Å². The van der Waals surface area contributed by atoms with Gasteiger partial charge in [0.1, 0.15) is 17.3 Å². The number of nitrogens with one attached hydrogen (secondary N) is 1. The van der Waals surface area contributed by atoms with E-state index < -0.39 is 0 Å². The van der Waals surface area contributed by atoms with Gasteiger partial charge in [0.15, 0.2) is 0 Å². The van der Waals surface area contributed by atoms with Crippen LogP contribution in [0.4, 0.5) is 4.39 Å². The molecule has 4 rings (SSSR count). The number of pyridine rings is 1. The first kappa shape index (κ1) is 23.5. The van der Waals surface area contributed by atoms with E-state index in [-0.39, 0.29) is 23.5 Å². The summed E-state index contributed by atoms with van der Waals surface area (Å²) in [5.74, 6) is 0.291. The van der Waals surface area contributed by atoms with Crippen LogP contribution in [0.3, 0.4) is 0 Å². The lowest BCUT2D eigenvalue weighted by atomic mass is 9.92. The zero-order chi connectivity index (χ0) is 24.1. The summed E-state index contributed by atoms with van der Waals surface area (Å²) in [5.41, 5.74) is 3.53. The van der Waals surface area contributed by atoms with Crippen LogP contribution in [0.15, 0.2) is 48.7 Å². The fourth-order valence-corrected chi connectivity index (χ4v) is 4.34. The van der Waals surface area contributed by atoms with Crippen molar-refractivity contribution in [2.24, 2.45) is 5.92 Å². The van der Waals surface area contributed by atoms with E-state index in [1.54, 1.807) is 44.4 Å². The molecule has 2 amide bonds. The minimum absolute atomic E-state index is 0.0320. The summed E-state index contributed by atoms with van der Waals surface area (Å²) >= 11 is 0. The predicted octanol–water partition coefficient (Wildman–Crippen LogP) is 3.36. The van der Waals surface area contributed by atoms with Gasteiger partial charge in [-0.3, -0.25) is 14.6 Å². The van der Waals surface area contributed by atoms with Crippen LogP contribution in [0.1, 0.15) is 56.5 Å². The molecule has 1 aliphatic heterocycles. The molecular weight excluding hydrogens is 433 g/mol. The minimum Gasteiger partial charge on any atom is -0.354 e. The Labute approximate surface area is 198 Å². The Kier molecular flexibility index (Phi) is 7.25. The Hall–Kier alpha value is -3.68. The second-order valence-corrected chi connectivity index (χ2v) is 8.68. The molecule has 1 aromatic carbocycles. The normalized spacial score (nSPS) is 15.7. The lowest BCUT2D eigenvalue weighted by Gasteiger charge is -2.32. The van der Waals surface area contributed by atoms with Gasteiger partial charge < -0.3 is 10.2 Å². The van der Waals surface area contributed by atoms with E-state index >= 15 is 0 Å². The van der Waals surface area contributed by atoms with Crippen molar-refractivity contribution in [3.05, 3.63) is 88.5 Å². The van der Waals surface area contributed by atoms with Crippen LogP contribution in [0.25, 0.3) is 0 Å².